The third-order valence-electron chi connectivity index (χ3n) is 1.92. The lowest BCUT2D eigenvalue weighted by molar-refractivity contribution is -0.0263. The van der Waals surface area contributed by atoms with E-state index in [2.05, 4.69) is 5.32 Å². The van der Waals surface area contributed by atoms with E-state index in [1.54, 1.807) is 0 Å². The quantitative estimate of drug-likeness (QED) is 0.661. The average Bonchev–Trinajstić information content (AvgIpc) is 1.88. The first kappa shape index (κ1) is 11.1. The van der Waals surface area contributed by atoms with Crippen molar-refractivity contribution in [3.8, 4) is 0 Å². The Morgan fingerprint density at radius 3 is 2.27 bits per heavy atom. The maximum absolute atomic E-state index is 12.5. The highest BCUT2D eigenvalue weighted by atomic mass is 35.5. The van der Waals surface area contributed by atoms with E-state index in [1.165, 1.54) is 0 Å². The molecule has 0 aliphatic carbocycles. The number of rotatable bonds is 1. The molecular formula is C7H14ClF2N. The van der Waals surface area contributed by atoms with Crippen molar-refractivity contribution in [1.82, 2.24) is 5.32 Å². The Kier molecular flexibility index (Phi) is 4.26. The molecule has 0 saturated carbocycles. The zero-order valence-electron chi connectivity index (χ0n) is 6.57. The Hall–Kier alpha value is 0.110. The van der Waals surface area contributed by atoms with Crippen molar-refractivity contribution in [3.63, 3.8) is 0 Å². The van der Waals surface area contributed by atoms with E-state index >= 15 is 0 Å². The fourth-order valence-electron chi connectivity index (χ4n) is 1.28. The van der Waals surface area contributed by atoms with E-state index in [-0.39, 0.29) is 12.4 Å². The molecule has 1 saturated heterocycles. The van der Waals surface area contributed by atoms with Crippen LogP contribution in [0, 0.1) is 0 Å². The molecular weight excluding hydrogens is 172 g/mol. The van der Waals surface area contributed by atoms with Crippen molar-refractivity contribution >= 4 is 12.4 Å². The molecule has 0 spiro atoms. The van der Waals surface area contributed by atoms with Gasteiger partial charge in [0.1, 0.15) is 0 Å². The van der Waals surface area contributed by atoms with Crippen LogP contribution < -0.4 is 5.32 Å². The van der Waals surface area contributed by atoms with Crippen LogP contribution in [0.2, 0.25) is 0 Å². The number of nitrogens with one attached hydrogen (secondary N) is 1. The molecule has 11 heavy (non-hydrogen) atoms. The van der Waals surface area contributed by atoms with Gasteiger partial charge in [-0.3, -0.25) is 0 Å². The SMILES string of the molecule is CC(F)(F)C1CCCCN1.Cl. The summed E-state index contributed by atoms with van der Waals surface area (Å²) in [5.74, 6) is -2.54. The number of hydrogen-bond donors (Lipinski definition) is 1. The number of halogens is 3. The number of hydrogen-bond acceptors (Lipinski definition) is 1. The zero-order valence-corrected chi connectivity index (χ0v) is 7.39. The molecule has 1 fully saturated rings. The predicted molar refractivity (Wildman–Crippen MR) is 43.5 cm³/mol. The second-order valence-corrected chi connectivity index (χ2v) is 2.96. The van der Waals surface area contributed by atoms with E-state index in [0.29, 0.717) is 6.42 Å². The maximum atomic E-state index is 12.5. The van der Waals surface area contributed by atoms with Crippen molar-refractivity contribution in [2.24, 2.45) is 0 Å². The van der Waals surface area contributed by atoms with Crippen LogP contribution in [-0.4, -0.2) is 18.5 Å². The minimum absolute atomic E-state index is 0. The van der Waals surface area contributed by atoms with Gasteiger partial charge in [0.05, 0.1) is 6.04 Å². The highest BCUT2D eigenvalue weighted by molar-refractivity contribution is 5.85. The summed E-state index contributed by atoms with van der Waals surface area (Å²) in [5.41, 5.74) is 0. The van der Waals surface area contributed by atoms with Crippen LogP contribution in [0.5, 0.6) is 0 Å². The van der Waals surface area contributed by atoms with Gasteiger partial charge in [-0.15, -0.1) is 12.4 Å². The van der Waals surface area contributed by atoms with Crippen molar-refractivity contribution in [2.45, 2.75) is 38.2 Å². The smallest absolute Gasteiger partial charge is 0.260 e. The molecule has 1 nitrogen and oxygen atoms in total. The second kappa shape index (κ2) is 4.21. The lowest BCUT2D eigenvalue weighted by atomic mass is 10.0. The Labute approximate surface area is 72.0 Å². The molecule has 0 bridgehead atoms. The summed E-state index contributed by atoms with van der Waals surface area (Å²) in [7, 11) is 0. The molecule has 1 N–H and O–H groups in total. The van der Waals surface area contributed by atoms with Gasteiger partial charge in [0.25, 0.3) is 5.92 Å². The summed E-state index contributed by atoms with van der Waals surface area (Å²) < 4.78 is 25.1. The molecule has 0 aromatic carbocycles. The van der Waals surface area contributed by atoms with Crippen LogP contribution in [0.4, 0.5) is 8.78 Å². The summed E-state index contributed by atoms with van der Waals surface area (Å²) >= 11 is 0. The minimum atomic E-state index is -2.54. The number of piperidine rings is 1. The first-order valence-corrected chi connectivity index (χ1v) is 3.72. The zero-order chi connectivity index (χ0) is 7.61. The van der Waals surface area contributed by atoms with Gasteiger partial charge in [-0.1, -0.05) is 6.42 Å². The molecule has 4 heteroatoms. The van der Waals surface area contributed by atoms with E-state index < -0.39 is 12.0 Å². The standard InChI is InChI=1S/C7H13F2N.ClH/c1-7(8,9)6-4-2-3-5-10-6;/h6,10H,2-5H2,1H3;1H. The lowest BCUT2D eigenvalue weighted by Crippen LogP contribution is -2.45. The topological polar surface area (TPSA) is 12.0 Å². The van der Waals surface area contributed by atoms with E-state index in [0.717, 1.165) is 26.3 Å². The highest BCUT2D eigenvalue weighted by Crippen LogP contribution is 2.23. The molecule has 68 valence electrons. The van der Waals surface area contributed by atoms with E-state index in [1.807, 2.05) is 0 Å². The van der Waals surface area contributed by atoms with Crippen molar-refractivity contribution < 1.29 is 8.78 Å². The fraction of sp³-hybridized carbons (Fsp3) is 1.00. The number of alkyl halides is 2. The first-order valence-electron chi connectivity index (χ1n) is 3.72. The monoisotopic (exact) mass is 185 g/mol. The van der Waals surface area contributed by atoms with Crippen LogP contribution in [0.15, 0.2) is 0 Å². The van der Waals surface area contributed by atoms with Gasteiger partial charge in [0, 0.05) is 6.92 Å². The van der Waals surface area contributed by atoms with E-state index in [9.17, 15) is 8.78 Å². The molecule has 0 radical (unpaired) electrons. The second-order valence-electron chi connectivity index (χ2n) is 2.96. The largest absolute Gasteiger partial charge is 0.309 e. The fourth-order valence-corrected chi connectivity index (χ4v) is 1.28. The van der Waals surface area contributed by atoms with Crippen LogP contribution in [-0.2, 0) is 0 Å². The third kappa shape index (κ3) is 3.34. The molecule has 0 aromatic heterocycles. The molecule has 1 atom stereocenters. The van der Waals surface area contributed by atoms with Gasteiger partial charge in [0.15, 0.2) is 0 Å². The van der Waals surface area contributed by atoms with E-state index in [4.69, 9.17) is 0 Å². The van der Waals surface area contributed by atoms with Crippen LogP contribution in [0.1, 0.15) is 26.2 Å². The maximum Gasteiger partial charge on any atom is 0.260 e. The van der Waals surface area contributed by atoms with Gasteiger partial charge in [-0.25, -0.2) is 8.78 Å². The summed E-state index contributed by atoms with van der Waals surface area (Å²) in [5, 5.41) is 2.81. The van der Waals surface area contributed by atoms with Crippen LogP contribution in [0.25, 0.3) is 0 Å². The molecule has 0 aromatic rings. The van der Waals surface area contributed by atoms with Crippen LogP contribution in [0.3, 0.4) is 0 Å². The summed E-state index contributed by atoms with van der Waals surface area (Å²) in [6.45, 7) is 1.73. The third-order valence-corrected chi connectivity index (χ3v) is 1.92. The lowest BCUT2D eigenvalue weighted by Gasteiger charge is -2.28. The normalized spacial score (nSPS) is 25.9. The Balaban J connectivity index is 0.000001000. The highest BCUT2D eigenvalue weighted by Gasteiger charge is 2.34. The van der Waals surface area contributed by atoms with Gasteiger partial charge < -0.3 is 5.32 Å². The Morgan fingerprint density at radius 1 is 1.36 bits per heavy atom. The molecule has 1 rings (SSSR count). The summed E-state index contributed by atoms with van der Waals surface area (Å²) in [6, 6.07) is -0.582. The average molecular weight is 186 g/mol. The van der Waals surface area contributed by atoms with Gasteiger partial charge in [0.2, 0.25) is 0 Å². The Morgan fingerprint density at radius 2 is 2.00 bits per heavy atom. The van der Waals surface area contributed by atoms with Gasteiger partial charge in [-0.2, -0.15) is 0 Å². The minimum Gasteiger partial charge on any atom is -0.309 e. The van der Waals surface area contributed by atoms with Gasteiger partial charge >= 0.3 is 0 Å². The predicted octanol–water partition coefficient (Wildman–Crippen LogP) is 2.21. The molecule has 1 heterocycles. The molecule has 0 amide bonds. The molecule has 1 unspecified atom stereocenters. The first-order chi connectivity index (χ1) is 4.61. The summed E-state index contributed by atoms with van der Waals surface area (Å²) in [6.07, 6.45) is 2.58. The Bertz CT molecular complexity index is 107. The van der Waals surface area contributed by atoms with Gasteiger partial charge in [-0.05, 0) is 19.4 Å². The summed E-state index contributed by atoms with van der Waals surface area (Å²) in [4.78, 5) is 0. The molecule has 1 aliphatic rings. The van der Waals surface area contributed by atoms with Crippen molar-refractivity contribution in [1.29, 1.82) is 0 Å². The van der Waals surface area contributed by atoms with Crippen molar-refractivity contribution in [3.05, 3.63) is 0 Å². The van der Waals surface area contributed by atoms with Crippen molar-refractivity contribution in [2.75, 3.05) is 6.54 Å². The van der Waals surface area contributed by atoms with Crippen LogP contribution >= 0.6 is 12.4 Å². The molecule has 1 aliphatic heterocycles.